The number of benzene rings is 1. The molecular weight excluding hydrogens is 342 g/mol. The summed E-state index contributed by atoms with van der Waals surface area (Å²) < 4.78 is 11.7. The monoisotopic (exact) mass is 359 g/mol. The first-order valence-electron chi connectivity index (χ1n) is 6.63. The van der Waals surface area contributed by atoms with Crippen LogP contribution in [-0.2, 0) is 10.5 Å². The normalized spacial score (nSPS) is 12.5. The Bertz CT molecular complexity index is 482. The molecule has 0 aromatic heterocycles. The van der Waals surface area contributed by atoms with Crippen molar-refractivity contribution in [3.8, 4) is 11.5 Å². The van der Waals surface area contributed by atoms with Crippen molar-refractivity contribution in [3.63, 3.8) is 0 Å². The Labute approximate surface area is 131 Å². The maximum absolute atomic E-state index is 11.6. The predicted molar refractivity (Wildman–Crippen MR) is 84.3 cm³/mol. The van der Waals surface area contributed by atoms with E-state index in [0.717, 1.165) is 46.7 Å². The van der Waals surface area contributed by atoms with Gasteiger partial charge in [-0.25, -0.2) is 0 Å². The number of unbranched alkanes of at least 4 members (excludes halogenated alkanes) is 1. The van der Waals surface area contributed by atoms with Crippen LogP contribution in [0.3, 0.4) is 0 Å². The number of thioether (sulfide) groups is 1. The maximum atomic E-state index is 11.6. The highest BCUT2D eigenvalue weighted by Gasteiger charge is 2.16. The molecule has 2 rings (SSSR count). The van der Waals surface area contributed by atoms with E-state index in [4.69, 9.17) is 9.47 Å². The molecule has 6 heteroatoms. The van der Waals surface area contributed by atoms with Gasteiger partial charge < -0.3 is 14.8 Å². The SMILES string of the molecule is CCCCNC(=O)CSCc1cc2c(cc1Br)OCO2. The lowest BCUT2D eigenvalue weighted by atomic mass is 10.2. The zero-order chi connectivity index (χ0) is 14.4. The number of halogens is 1. The van der Waals surface area contributed by atoms with Crippen LogP contribution in [0.4, 0.5) is 0 Å². The van der Waals surface area contributed by atoms with Crippen molar-refractivity contribution >= 4 is 33.6 Å². The Hall–Kier alpha value is -0.880. The first-order valence-corrected chi connectivity index (χ1v) is 8.58. The molecule has 0 atom stereocenters. The number of hydrogen-bond acceptors (Lipinski definition) is 4. The molecule has 0 aliphatic carbocycles. The fourth-order valence-electron chi connectivity index (χ4n) is 1.78. The molecule has 0 saturated heterocycles. The summed E-state index contributed by atoms with van der Waals surface area (Å²) in [5.74, 6) is 2.88. The summed E-state index contributed by atoms with van der Waals surface area (Å²) in [5.41, 5.74) is 1.11. The molecular formula is C14H18BrNO3S. The third-order valence-electron chi connectivity index (χ3n) is 2.88. The highest BCUT2D eigenvalue weighted by Crippen LogP contribution is 2.38. The number of amides is 1. The molecule has 0 spiro atoms. The molecule has 1 aromatic rings. The zero-order valence-electron chi connectivity index (χ0n) is 11.4. The summed E-state index contributed by atoms with van der Waals surface area (Å²) in [6.45, 7) is 3.15. The lowest BCUT2D eigenvalue weighted by Gasteiger charge is -2.07. The van der Waals surface area contributed by atoms with E-state index >= 15 is 0 Å². The van der Waals surface area contributed by atoms with E-state index in [0.29, 0.717) is 5.75 Å². The Kier molecular flexibility index (Phi) is 6.04. The van der Waals surface area contributed by atoms with Crippen LogP contribution in [-0.4, -0.2) is 25.0 Å². The van der Waals surface area contributed by atoms with Gasteiger partial charge in [-0.15, -0.1) is 11.8 Å². The van der Waals surface area contributed by atoms with E-state index in [9.17, 15) is 4.79 Å². The van der Waals surface area contributed by atoms with Crippen LogP contribution >= 0.6 is 27.7 Å². The first kappa shape index (κ1) is 15.5. The van der Waals surface area contributed by atoms with E-state index in [-0.39, 0.29) is 12.7 Å². The zero-order valence-corrected chi connectivity index (χ0v) is 13.8. The van der Waals surface area contributed by atoms with E-state index in [1.807, 2.05) is 12.1 Å². The van der Waals surface area contributed by atoms with Crippen LogP contribution < -0.4 is 14.8 Å². The van der Waals surface area contributed by atoms with Gasteiger partial charge in [0.05, 0.1) is 5.75 Å². The van der Waals surface area contributed by atoms with Crippen LogP contribution in [0.5, 0.6) is 11.5 Å². The Morgan fingerprint density at radius 3 is 2.90 bits per heavy atom. The van der Waals surface area contributed by atoms with Gasteiger partial charge in [-0.3, -0.25) is 4.79 Å². The number of carbonyl (C=O) groups is 1. The second-order valence-corrected chi connectivity index (χ2v) is 6.33. The van der Waals surface area contributed by atoms with Gasteiger partial charge in [0, 0.05) is 16.8 Å². The van der Waals surface area contributed by atoms with Gasteiger partial charge >= 0.3 is 0 Å². The van der Waals surface area contributed by atoms with Gasteiger partial charge in [0.15, 0.2) is 11.5 Å². The predicted octanol–water partition coefficient (Wildman–Crippen LogP) is 3.33. The average Bonchev–Trinajstić information content (AvgIpc) is 2.86. The highest BCUT2D eigenvalue weighted by molar-refractivity contribution is 9.10. The second kappa shape index (κ2) is 7.78. The molecule has 1 aliphatic rings. The summed E-state index contributed by atoms with van der Waals surface area (Å²) in [7, 11) is 0. The van der Waals surface area contributed by atoms with Gasteiger partial charge in [-0.1, -0.05) is 29.3 Å². The largest absolute Gasteiger partial charge is 0.454 e. The fourth-order valence-corrected chi connectivity index (χ4v) is 3.28. The quantitative estimate of drug-likeness (QED) is 0.758. The average molecular weight is 360 g/mol. The number of fused-ring (bicyclic) bond motifs is 1. The van der Waals surface area contributed by atoms with Crippen molar-refractivity contribution in [2.45, 2.75) is 25.5 Å². The van der Waals surface area contributed by atoms with Crippen LogP contribution in [0.25, 0.3) is 0 Å². The van der Waals surface area contributed by atoms with E-state index < -0.39 is 0 Å². The van der Waals surface area contributed by atoms with Gasteiger partial charge in [-0.05, 0) is 24.1 Å². The Balaban J connectivity index is 1.78. The van der Waals surface area contributed by atoms with Gasteiger partial charge in [-0.2, -0.15) is 0 Å². The summed E-state index contributed by atoms with van der Waals surface area (Å²) in [5, 5.41) is 2.91. The van der Waals surface area contributed by atoms with E-state index in [1.54, 1.807) is 11.8 Å². The third-order valence-corrected chi connectivity index (χ3v) is 4.60. The number of nitrogens with one attached hydrogen (secondary N) is 1. The van der Waals surface area contributed by atoms with E-state index in [2.05, 4.69) is 28.2 Å². The molecule has 20 heavy (non-hydrogen) atoms. The van der Waals surface area contributed by atoms with Gasteiger partial charge in [0.25, 0.3) is 0 Å². The summed E-state index contributed by atoms with van der Waals surface area (Å²) in [4.78, 5) is 11.6. The standard InChI is InChI=1S/C14H18BrNO3S/c1-2-3-4-16-14(17)8-20-7-10-5-12-13(6-11(10)15)19-9-18-12/h5-6H,2-4,7-9H2,1H3,(H,16,17). The Morgan fingerprint density at radius 2 is 2.15 bits per heavy atom. The lowest BCUT2D eigenvalue weighted by molar-refractivity contribution is -0.118. The molecule has 1 aliphatic heterocycles. The van der Waals surface area contributed by atoms with Crippen LogP contribution in [0.15, 0.2) is 16.6 Å². The van der Waals surface area contributed by atoms with Crippen molar-refractivity contribution in [1.29, 1.82) is 0 Å². The second-order valence-electron chi connectivity index (χ2n) is 4.49. The smallest absolute Gasteiger partial charge is 0.231 e. The van der Waals surface area contributed by atoms with Gasteiger partial charge in [0.2, 0.25) is 12.7 Å². The van der Waals surface area contributed by atoms with Crippen LogP contribution in [0.2, 0.25) is 0 Å². The number of carbonyl (C=O) groups excluding carboxylic acids is 1. The maximum Gasteiger partial charge on any atom is 0.231 e. The number of hydrogen-bond donors (Lipinski definition) is 1. The summed E-state index contributed by atoms with van der Waals surface area (Å²) in [6, 6.07) is 3.88. The van der Waals surface area contributed by atoms with Crippen molar-refractivity contribution in [2.75, 3.05) is 19.1 Å². The number of ether oxygens (including phenoxy) is 2. The van der Waals surface area contributed by atoms with Crippen molar-refractivity contribution in [2.24, 2.45) is 0 Å². The molecule has 0 radical (unpaired) electrons. The Morgan fingerprint density at radius 1 is 1.40 bits per heavy atom. The molecule has 1 aromatic carbocycles. The minimum atomic E-state index is 0.0975. The molecule has 0 saturated carbocycles. The van der Waals surface area contributed by atoms with Gasteiger partial charge in [0.1, 0.15) is 0 Å². The topological polar surface area (TPSA) is 47.6 Å². The first-order chi connectivity index (χ1) is 9.70. The minimum Gasteiger partial charge on any atom is -0.454 e. The van der Waals surface area contributed by atoms with Crippen molar-refractivity contribution in [3.05, 3.63) is 22.2 Å². The summed E-state index contributed by atoms with van der Waals surface area (Å²) >= 11 is 5.11. The van der Waals surface area contributed by atoms with E-state index in [1.165, 1.54) is 0 Å². The summed E-state index contributed by atoms with van der Waals surface area (Å²) in [6.07, 6.45) is 2.13. The molecule has 1 N–H and O–H groups in total. The van der Waals surface area contributed by atoms with Crippen molar-refractivity contribution < 1.29 is 14.3 Å². The van der Waals surface area contributed by atoms with Crippen LogP contribution in [0, 0.1) is 0 Å². The highest BCUT2D eigenvalue weighted by atomic mass is 79.9. The minimum absolute atomic E-state index is 0.0975. The molecule has 110 valence electrons. The molecule has 1 heterocycles. The molecule has 4 nitrogen and oxygen atoms in total. The number of rotatable bonds is 7. The molecule has 0 fully saturated rings. The lowest BCUT2D eigenvalue weighted by Crippen LogP contribution is -2.26. The molecule has 0 bridgehead atoms. The van der Waals surface area contributed by atoms with Crippen molar-refractivity contribution in [1.82, 2.24) is 5.32 Å². The molecule has 1 amide bonds. The van der Waals surface area contributed by atoms with Crippen LogP contribution in [0.1, 0.15) is 25.3 Å². The fraction of sp³-hybridized carbons (Fsp3) is 0.500. The molecule has 0 unspecified atom stereocenters. The third kappa shape index (κ3) is 4.31.